The van der Waals surface area contributed by atoms with Gasteiger partial charge in [0, 0.05) is 18.4 Å². The van der Waals surface area contributed by atoms with Crippen molar-refractivity contribution in [3.05, 3.63) is 59.7 Å². The normalized spacial score (nSPS) is 19.4. The first-order valence-electron chi connectivity index (χ1n) is 11.8. The molecular weight excluding hydrogens is 458 g/mol. The molecule has 0 radical (unpaired) electrons. The molecule has 2 atom stereocenters. The van der Waals surface area contributed by atoms with E-state index in [1.807, 2.05) is 36.4 Å². The summed E-state index contributed by atoms with van der Waals surface area (Å²) < 4.78 is 32.2. The molecule has 0 bridgehead atoms. The van der Waals surface area contributed by atoms with E-state index in [2.05, 4.69) is 22.8 Å². The number of carbonyl (C=O) groups excluding carboxylic acids is 2. The number of fused-ring (bicyclic) bond motifs is 3. The van der Waals surface area contributed by atoms with E-state index in [4.69, 9.17) is 9.84 Å². The summed E-state index contributed by atoms with van der Waals surface area (Å²) in [5.41, 5.74) is 4.45. The Hall–Kier alpha value is -3.49. The number of alkyl halides is 2. The molecule has 0 unspecified atom stereocenters. The predicted octanol–water partition coefficient (Wildman–Crippen LogP) is 4.17. The van der Waals surface area contributed by atoms with Crippen molar-refractivity contribution in [3.63, 3.8) is 0 Å². The van der Waals surface area contributed by atoms with Crippen molar-refractivity contribution in [2.45, 2.75) is 37.5 Å². The highest BCUT2D eigenvalue weighted by Crippen LogP contribution is 2.44. The highest BCUT2D eigenvalue weighted by Gasteiger charge is 2.40. The van der Waals surface area contributed by atoms with Gasteiger partial charge in [0.1, 0.15) is 6.61 Å². The zero-order valence-corrected chi connectivity index (χ0v) is 19.1. The number of carboxylic acids is 1. The number of ether oxygens (including phenoxy) is 1. The Morgan fingerprint density at radius 2 is 1.54 bits per heavy atom. The Kier molecular flexibility index (Phi) is 7.33. The smallest absolute Gasteiger partial charge is 0.407 e. The molecule has 1 saturated carbocycles. The molecule has 35 heavy (non-hydrogen) atoms. The molecule has 7 nitrogen and oxygen atoms in total. The van der Waals surface area contributed by atoms with Gasteiger partial charge in [-0.05, 0) is 41.0 Å². The number of benzene rings is 2. The SMILES string of the molecule is O=C(NC[C@@H]1CCCC[C@@H]1C(=O)NCC(F)(F)C(=O)O)OCC1c2ccccc2-c2ccccc21. The van der Waals surface area contributed by atoms with Gasteiger partial charge in [-0.25, -0.2) is 9.59 Å². The average molecular weight is 487 g/mol. The number of rotatable bonds is 8. The number of hydrogen-bond acceptors (Lipinski definition) is 4. The van der Waals surface area contributed by atoms with Crippen LogP contribution >= 0.6 is 0 Å². The topological polar surface area (TPSA) is 105 Å². The first-order valence-corrected chi connectivity index (χ1v) is 11.8. The van der Waals surface area contributed by atoms with Crippen molar-refractivity contribution in [3.8, 4) is 11.1 Å². The molecule has 186 valence electrons. The Morgan fingerprint density at radius 1 is 0.943 bits per heavy atom. The fraction of sp³-hybridized carbons (Fsp3) is 0.423. The third kappa shape index (κ3) is 5.44. The van der Waals surface area contributed by atoms with Gasteiger partial charge in [-0.2, -0.15) is 8.78 Å². The zero-order valence-electron chi connectivity index (χ0n) is 19.1. The van der Waals surface area contributed by atoms with Crippen LogP contribution in [0.2, 0.25) is 0 Å². The Balaban J connectivity index is 1.31. The lowest BCUT2D eigenvalue weighted by atomic mass is 9.78. The first kappa shape index (κ1) is 24.6. The van der Waals surface area contributed by atoms with E-state index in [1.165, 1.54) is 0 Å². The second kappa shape index (κ2) is 10.4. The lowest BCUT2D eigenvalue weighted by Gasteiger charge is -2.31. The molecule has 2 aromatic rings. The fourth-order valence-corrected chi connectivity index (χ4v) is 5.07. The molecule has 9 heteroatoms. The number of halogens is 2. The first-order chi connectivity index (χ1) is 16.8. The van der Waals surface area contributed by atoms with Crippen molar-refractivity contribution >= 4 is 18.0 Å². The second-order valence-electron chi connectivity index (χ2n) is 9.08. The van der Waals surface area contributed by atoms with Gasteiger partial charge in [-0.15, -0.1) is 0 Å². The molecule has 0 saturated heterocycles. The summed E-state index contributed by atoms with van der Waals surface area (Å²) >= 11 is 0. The third-order valence-electron chi connectivity index (χ3n) is 6.90. The molecule has 1 fully saturated rings. The minimum absolute atomic E-state index is 0.0720. The lowest BCUT2D eigenvalue weighted by Crippen LogP contribution is -2.47. The largest absolute Gasteiger partial charge is 0.477 e. The maximum Gasteiger partial charge on any atom is 0.407 e. The van der Waals surface area contributed by atoms with E-state index in [-0.39, 0.29) is 25.0 Å². The van der Waals surface area contributed by atoms with Crippen LogP contribution in [0.25, 0.3) is 11.1 Å². The maximum atomic E-state index is 13.3. The summed E-state index contributed by atoms with van der Waals surface area (Å²) in [4.78, 5) is 35.5. The van der Waals surface area contributed by atoms with Gasteiger partial charge in [0.05, 0.1) is 6.54 Å². The second-order valence-corrected chi connectivity index (χ2v) is 9.08. The zero-order chi connectivity index (χ0) is 25.0. The van der Waals surface area contributed by atoms with Gasteiger partial charge in [-0.3, -0.25) is 4.79 Å². The van der Waals surface area contributed by atoms with Crippen molar-refractivity contribution in [2.75, 3.05) is 19.7 Å². The molecule has 0 heterocycles. The van der Waals surface area contributed by atoms with Gasteiger partial charge >= 0.3 is 18.0 Å². The van der Waals surface area contributed by atoms with E-state index in [0.29, 0.717) is 12.8 Å². The van der Waals surface area contributed by atoms with Crippen LogP contribution in [0.4, 0.5) is 13.6 Å². The molecule has 2 amide bonds. The van der Waals surface area contributed by atoms with Crippen molar-refractivity contribution in [2.24, 2.45) is 11.8 Å². The number of nitrogens with one attached hydrogen (secondary N) is 2. The van der Waals surface area contributed by atoms with Crippen LogP contribution in [0, 0.1) is 11.8 Å². The van der Waals surface area contributed by atoms with Crippen LogP contribution in [0.5, 0.6) is 0 Å². The summed E-state index contributed by atoms with van der Waals surface area (Å²) in [6.07, 6.45) is 2.15. The highest BCUT2D eigenvalue weighted by molar-refractivity contribution is 5.81. The van der Waals surface area contributed by atoms with Crippen LogP contribution < -0.4 is 10.6 Å². The molecule has 0 spiro atoms. The minimum atomic E-state index is -4.03. The number of alkyl carbamates (subject to hydrolysis) is 1. The van der Waals surface area contributed by atoms with Crippen LogP contribution in [0.15, 0.2) is 48.5 Å². The summed E-state index contributed by atoms with van der Waals surface area (Å²) in [5.74, 6) is -7.83. The Labute approximate surface area is 201 Å². The number of carboxylic acid groups (broad SMARTS) is 1. The van der Waals surface area contributed by atoms with E-state index in [0.717, 1.165) is 35.1 Å². The van der Waals surface area contributed by atoms with E-state index in [9.17, 15) is 23.2 Å². The molecule has 4 rings (SSSR count). The van der Waals surface area contributed by atoms with Gasteiger partial charge in [-0.1, -0.05) is 61.4 Å². The molecule has 0 aliphatic heterocycles. The summed E-state index contributed by atoms with van der Waals surface area (Å²) in [5, 5.41) is 13.3. The molecule has 2 aromatic carbocycles. The lowest BCUT2D eigenvalue weighted by molar-refractivity contribution is -0.164. The maximum absolute atomic E-state index is 13.3. The van der Waals surface area contributed by atoms with Gasteiger partial charge in [0.15, 0.2) is 0 Å². The standard InChI is InChI=1S/C26H28F2N2O5/c27-26(28,24(32)33)15-30-23(31)17-8-2-1-7-16(17)13-29-25(34)35-14-22-20-11-5-3-9-18(20)19-10-4-6-12-21(19)22/h3-6,9-12,16-17,22H,1-2,7-8,13-15H2,(H,29,34)(H,30,31)(H,32,33)/t16-,17-/m0/s1. The van der Waals surface area contributed by atoms with E-state index < -0.39 is 36.4 Å². The highest BCUT2D eigenvalue weighted by atomic mass is 19.3. The van der Waals surface area contributed by atoms with Crippen LogP contribution in [0.3, 0.4) is 0 Å². The molecular formula is C26H28F2N2O5. The third-order valence-corrected chi connectivity index (χ3v) is 6.90. The summed E-state index contributed by atoms with van der Waals surface area (Å²) in [6.45, 7) is -0.924. The molecule has 2 aliphatic carbocycles. The van der Waals surface area contributed by atoms with Crippen LogP contribution in [-0.2, 0) is 14.3 Å². The molecule has 0 aromatic heterocycles. The van der Waals surface area contributed by atoms with Crippen LogP contribution in [0.1, 0.15) is 42.7 Å². The number of aliphatic carboxylic acids is 1. The van der Waals surface area contributed by atoms with E-state index >= 15 is 0 Å². The summed E-state index contributed by atoms with van der Waals surface area (Å²) in [7, 11) is 0. The minimum Gasteiger partial charge on any atom is -0.477 e. The Bertz CT molecular complexity index is 1060. The van der Waals surface area contributed by atoms with Crippen LogP contribution in [-0.4, -0.2) is 48.7 Å². The average Bonchev–Trinajstić information content (AvgIpc) is 3.18. The van der Waals surface area contributed by atoms with E-state index in [1.54, 1.807) is 0 Å². The van der Waals surface area contributed by atoms with Gasteiger partial charge in [0.25, 0.3) is 0 Å². The summed E-state index contributed by atoms with van der Waals surface area (Å²) in [6, 6.07) is 16.0. The van der Waals surface area contributed by atoms with Crippen molar-refractivity contribution in [1.82, 2.24) is 10.6 Å². The number of amides is 2. The molecule has 3 N–H and O–H groups in total. The quantitative estimate of drug-likeness (QED) is 0.520. The molecule has 2 aliphatic rings. The van der Waals surface area contributed by atoms with Crippen molar-refractivity contribution in [1.29, 1.82) is 0 Å². The van der Waals surface area contributed by atoms with Gasteiger partial charge in [0.2, 0.25) is 5.91 Å². The fourth-order valence-electron chi connectivity index (χ4n) is 5.07. The Morgan fingerprint density at radius 3 is 2.17 bits per heavy atom. The van der Waals surface area contributed by atoms with Gasteiger partial charge < -0.3 is 20.5 Å². The van der Waals surface area contributed by atoms with Crippen molar-refractivity contribution < 1.29 is 33.0 Å². The number of hydrogen-bond donors (Lipinski definition) is 3. The predicted molar refractivity (Wildman–Crippen MR) is 124 cm³/mol. The monoisotopic (exact) mass is 486 g/mol. The number of carbonyl (C=O) groups is 3.